The minimum atomic E-state index is -1.16. The van der Waals surface area contributed by atoms with Crippen molar-refractivity contribution in [2.75, 3.05) is 40.4 Å². The monoisotopic (exact) mass is 271 g/mol. The Kier molecular flexibility index (Phi) is 9.22. The molecule has 1 atom stereocenters. The van der Waals surface area contributed by atoms with Gasteiger partial charge in [0.15, 0.2) is 0 Å². The predicted octanol–water partition coefficient (Wildman–Crippen LogP) is -0.660. The Morgan fingerprint density at radius 1 is 1.42 bits per heavy atom. The highest BCUT2D eigenvalue weighted by molar-refractivity contribution is 5.82. The van der Waals surface area contributed by atoms with Gasteiger partial charge in [0.1, 0.15) is 6.04 Å². The van der Waals surface area contributed by atoms with E-state index in [0.717, 1.165) is 6.54 Å². The van der Waals surface area contributed by atoms with Gasteiger partial charge in [-0.05, 0) is 14.1 Å². The number of carboxylic acid groups (broad SMARTS) is 1. The molecule has 0 aliphatic rings. The van der Waals surface area contributed by atoms with Gasteiger partial charge in [0.2, 0.25) is 0 Å². The van der Waals surface area contributed by atoms with Gasteiger partial charge in [-0.15, -0.1) is 12.3 Å². The fourth-order valence-electron chi connectivity index (χ4n) is 1.11. The summed E-state index contributed by atoms with van der Waals surface area (Å²) in [6.45, 7) is 2.05. The van der Waals surface area contributed by atoms with Gasteiger partial charge in [0, 0.05) is 19.5 Å². The number of carbonyl (C=O) groups is 2. The fourth-order valence-corrected chi connectivity index (χ4v) is 1.11. The van der Waals surface area contributed by atoms with Gasteiger partial charge in [0.05, 0.1) is 13.2 Å². The van der Waals surface area contributed by atoms with Gasteiger partial charge in [-0.25, -0.2) is 9.59 Å². The summed E-state index contributed by atoms with van der Waals surface area (Å²) < 4.78 is 5.26. The molecule has 0 rings (SSSR count). The summed E-state index contributed by atoms with van der Waals surface area (Å²) in [5.41, 5.74) is 0. The first-order valence-corrected chi connectivity index (χ1v) is 5.90. The van der Waals surface area contributed by atoms with E-state index in [2.05, 4.69) is 16.6 Å². The highest BCUT2D eigenvalue weighted by Crippen LogP contribution is 1.90. The summed E-state index contributed by atoms with van der Waals surface area (Å²) in [6, 6.07) is -1.64. The van der Waals surface area contributed by atoms with Crippen LogP contribution in [0.5, 0.6) is 0 Å². The summed E-state index contributed by atoms with van der Waals surface area (Å²) in [4.78, 5) is 24.1. The van der Waals surface area contributed by atoms with Gasteiger partial charge in [-0.2, -0.15) is 0 Å². The van der Waals surface area contributed by atoms with Crippen LogP contribution in [-0.4, -0.2) is 68.4 Å². The Morgan fingerprint density at radius 3 is 2.63 bits per heavy atom. The second kappa shape index (κ2) is 10.2. The number of likely N-dealkylation sites (N-methyl/N-ethyl adjacent to an activating group) is 1. The van der Waals surface area contributed by atoms with Crippen LogP contribution in [0.15, 0.2) is 0 Å². The number of carbonyl (C=O) groups excluding carboxylic acids is 1. The topological polar surface area (TPSA) is 90.9 Å². The minimum Gasteiger partial charge on any atom is -0.480 e. The number of aliphatic carboxylic acids is 1. The number of ether oxygens (including phenoxy) is 1. The van der Waals surface area contributed by atoms with Crippen molar-refractivity contribution in [3.63, 3.8) is 0 Å². The number of rotatable bonds is 9. The van der Waals surface area contributed by atoms with Crippen LogP contribution in [0.1, 0.15) is 6.42 Å². The van der Waals surface area contributed by atoms with Crippen molar-refractivity contribution in [1.82, 2.24) is 15.5 Å². The summed E-state index contributed by atoms with van der Waals surface area (Å²) in [5, 5.41) is 13.5. The van der Waals surface area contributed by atoms with E-state index >= 15 is 0 Å². The summed E-state index contributed by atoms with van der Waals surface area (Å²) in [6.07, 6.45) is 4.96. The molecule has 0 heterocycles. The minimum absolute atomic E-state index is 0.0535. The molecule has 2 amide bonds. The zero-order chi connectivity index (χ0) is 14.7. The van der Waals surface area contributed by atoms with Crippen LogP contribution in [0.3, 0.4) is 0 Å². The van der Waals surface area contributed by atoms with Gasteiger partial charge in [-0.3, -0.25) is 0 Å². The molecular formula is C12H21N3O4. The predicted molar refractivity (Wildman–Crippen MR) is 70.8 cm³/mol. The normalized spacial score (nSPS) is 11.7. The van der Waals surface area contributed by atoms with Gasteiger partial charge in [0.25, 0.3) is 0 Å². The average Bonchev–Trinajstić information content (AvgIpc) is 2.32. The third-order valence-corrected chi connectivity index (χ3v) is 2.14. The first-order valence-electron chi connectivity index (χ1n) is 5.90. The molecule has 19 heavy (non-hydrogen) atoms. The van der Waals surface area contributed by atoms with E-state index in [9.17, 15) is 9.59 Å². The molecule has 0 bridgehead atoms. The summed E-state index contributed by atoms with van der Waals surface area (Å²) >= 11 is 0. The maximum atomic E-state index is 11.4. The van der Waals surface area contributed by atoms with E-state index < -0.39 is 18.0 Å². The second-order valence-electron chi connectivity index (χ2n) is 4.11. The van der Waals surface area contributed by atoms with Crippen molar-refractivity contribution >= 4 is 12.0 Å². The maximum absolute atomic E-state index is 11.4. The van der Waals surface area contributed by atoms with Crippen LogP contribution in [-0.2, 0) is 9.53 Å². The van der Waals surface area contributed by atoms with E-state index in [1.165, 1.54) is 0 Å². The van der Waals surface area contributed by atoms with Crippen LogP contribution in [0, 0.1) is 12.3 Å². The Morgan fingerprint density at radius 2 is 2.11 bits per heavy atom. The SMILES string of the molecule is C#CCC(NC(=O)NCCOCCN(C)C)C(=O)O. The highest BCUT2D eigenvalue weighted by atomic mass is 16.5. The van der Waals surface area contributed by atoms with E-state index in [1.54, 1.807) is 0 Å². The molecular weight excluding hydrogens is 250 g/mol. The Hall–Kier alpha value is -1.78. The van der Waals surface area contributed by atoms with Crippen molar-refractivity contribution in [1.29, 1.82) is 0 Å². The molecule has 1 unspecified atom stereocenters. The van der Waals surface area contributed by atoms with Crippen LogP contribution in [0.2, 0.25) is 0 Å². The highest BCUT2D eigenvalue weighted by Gasteiger charge is 2.18. The van der Waals surface area contributed by atoms with E-state index in [4.69, 9.17) is 16.3 Å². The zero-order valence-electron chi connectivity index (χ0n) is 11.3. The van der Waals surface area contributed by atoms with Crippen LogP contribution < -0.4 is 10.6 Å². The fraction of sp³-hybridized carbons (Fsp3) is 0.667. The lowest BCUT2D eigenvalue weighted by atomic mass is 10.2. The molecule has 7 nitrogen and oxygen atoms in total. The standard InChI is InChI=1S/C12H21N3O4/c1-4-5-10(11(16)17)14-12(18)13-6-8-19-9-7-15(2)3/h1,10H,5-9H2,2-3H3,(H,16,17)(H2,13,14,18). The molecule has 3 N–H and O–H groups in total. The van der Waals surface area contributed by atoms with E-state index in [-0.39, 0.29) is 6.42 Å². The Balaban J connectivity index is 3.69. The van der Waals surface area contributed by atoms with Gasteiger partial charge in [-0.1, -0.05) is 0 Å². The van der Waals surface area contributed by atoms with Crippen LogP contribution >= 0.6 is 0 Å². The molecule has 0 aromatic carbocycles. The van der Waals surface area contributed by atoms with Gasteiger partial charge >= 0.3 is 12.0 Å². The van der Waals surface area contributed by atoms with E-state index in [0.29, 0.717) is 19.8 Å². The molecule has 7 heteroatoms. The van der Waals surface area contributed by atoms with Crippen molar-refractivity contribution in [3.8, 4) is 12.3 Å². The molecule has 0 aliphatic carbocycles. The molecule has 0 saturated carbocycles. The van der Waals surface area contributed by atoms with Crippen molar-refractivity contribution in [2.24, 2.45) is 0 Å². The number of urea groups is 1. The average molecular weight is 271 g/mol. The van der Waals surface area contributed by atoms with E-state index in [1.807, 2.05) is 19.0 Å². The molecule has 108 valence electrons. The van der Waals surface area contributed by atoms with Crippen molar-refractivity contribution in [2.45, 2.75) is 12.5 Å². The lowest BCUT2D eigenvalue weighted by Crippen LogP contribution is -2.46. The molecule has 0 aromatic rings. The number of nitrogens with zero attached hydrogens (tertiary/aromatic N) is 1. The lowest BCUT2D eigenvalue weighted by molar-refractivity contribution is -0.139. The smallest absolute Gasteiger partial charge is 0.327 e. The van der Waals surface area contributed by atoms with Crippen molar-refractivity contribution < 1.29 is 19.4 Å². The van der Waals surface area contributed by atoms with Crippen molar-refractivity contribution in [3.05, 3.63) is 0 Å². The number of terminal acetylenes is 1. The number of hydrogen-bond acceptors (Lipinski definition) is 4. The number of carboxylic acids is 1. The quantitative estimate of drug-likeness (QED) is 0.382. The Bertz CT molecular complexity index is 325. The first kappa shape index (κ1) is 17.2. The summed E-state index contributed by atoms with van der Waals surface area (Å²) in [5.74, 6) is 1.04. The van der Waals surface area contributed by atoms with Gasteiger partial charge < -0.3 is 25.4 Å². The third-order valence-electron chi connectivity index (χ3n) is 2.14. The van der Waals surface area contributed by atoms with Crippen LogP contribution in [0.25, 0.3) is 0 Å². The maximum Gasteiger partial charge on any atom is 0.327 e. The largest absolute Gasteiger partial charge is 0.480 e. The molecule has 0 saturated heterocycles. The third kappa shape index (κ3) is 9.88. The molecule has 0 aliphatic heterocycles. The lowest BCUT2D eigenvalue weighted by Gasteiger charge is -2.13. The molecule has 0 fully saturated rings. The molecule has 0 spiro atoms. The first-order chi connectivity index (χ1) is 8.97. The Labute approximate surface area is 113 Å². The number of amides is 2. The van der Waals surface area contributed by atoms with Crippen LogP contribution in [0.4, 0.5) is 4.79 Å². The molecule has 0 radical (unpaired) electrons. The second-order valence-corrected chi connectivity index (χ2v) is 4.11. The number of nitrogens with one attached hydrogen (secondary N) is 2. The zero-order valence-corrected chi connectivity index (χ0v) is 11.3. The molecule has 0 aromatic heterocycles. The number of hydrogen-bond donors (Lipinski definition) is 3. The summed E-state index contributed by atoms with van der Waals surface area (Å²) in [7, 11) is 3.87.